The van der Waals surface area contributed by atoms with Crippen molar-refractivity contribution in [2.75, 3.05) is 0 Å². The topological polar surface area (TPSA) is 0 Å². The molecule has 10 aromatic rings. The first-order chi connectivity index (χ1) is 23.4. The number of benzene rings is 10. The summed E-state index contributed by atoms with van der Waals surface area (Å²) in [5, 5.41) is 21.3. The molecule has 0 fully saturated rings. The maximum atomic E-state index is 2.37. The molecule has 0 aliphatic rings. The lowest BCUT2D eigenvalue weighted by Crippen LogP contribution is -1.89. The Hall–Kier alpha value is -5.72. The molecular weight excluding hydrogens is 577 g/mol. The van der Waals surface area contributed by atoms with E-state index in [1.165, 1.54) is 108 Å². The average molecular weight is 613 g/mol. The molecule has 228 valence electrons. The zero-order valence-electron chi connectivity index (χ0n) is 27.9. The maximum absolute atomic E-state index is 2.37. The molecule has 0 saturated heterocycles. The third-order valence-electron chi connectivity index (χ3n) is 10.6. The Morgan fingerprint density at radius 1 is 0.229 bits per heavy atom. The van der Waals surface area contributed by atoms with Crippen molar-refractivity contribution in [2.24, 2.45) is 0 Å². The second-order valence-corrected chi connectivity index (χ2v) is 13.6. The van der Waals surface area contributed by atoms with E-state index in [9.17, 15) is 0 Å². The van der Waals surface area contributed by atoms with Crippen molar-refractivity contribution < 1.29 is 0 Å². The largest absolute Gasteiger partial charge is 0.0616 e. The van der Waals surface area contributed by atoms with Crippen LogP contribution in [0.2, 0.25) is 0 Å². The van der Waals surface area contributed by atoms with Crippen LogP contribution in [0.5, 0.6) is 0 Å². The summed E-state index contributed by atoms with van der Waals surface area (Å²) < 4.78 is 0. The van der Waals surface area contributed by atoms with E-state index in [0.717, 1.165) is 0 Å². The monoisotopic (exact) mass is 612 g/mol. The van der Waals surface area contributed by atoms with Crippen LogP contribution in [-0.2, 0) is 0 Å². The summed E-state index contributed by atoms with van der Waals surface area (Å²) in [6.45, 7) is 8.89. The lowest BCUT2D eigenvalue weighted by Gasteiger charge is -2.13. The van der Waals surface area contributed by atoms with Crippen LogP contribution in [-0.4, -0.2) is 0 Å². The number of aryl methyl sites for hydroxylation is 4. The van der Waals surface area contributed by atoms with Gasteiger partial charge in [-0.2, -0.15) is 0 Å². The van der Waals surface area contributed by atoms with Gasteiger partial charge in [0.1, 0.15) is 0 Å². The van der Waals surface area contributed by atoms with Gasteiger partial charge in [-0.25, -0.2) is 0 Å². The molecule has 0 N–H and O–H groups in total. The molecule has 0 saturated carbocycles. The predicted octanol–water partition coefficient (Wildman–Crippen LogP) is 13.8. The van der Waals surface area contributed by atoms with Crippen molar-refractivity contribution in [3.63, 3.8) is 0 Å². The summed E-state index contributed by atoms with van der Waals surface area (Å²) in [7, 11) is 0. The third kappa shape index (κ3) is 4.60. The normalized spacial score (nSPS) is 11.8. The van der Waals surface area contributed by atoms with Crippen LogP contribution in [0.15, 0.2) is 146 Å². The Kier molecular flexibility index (Phi) is 6.49. The highest BCUT2D eigenvalue weighted by Gasteiger charge is 2.10. The molecule has 0 spiro atoms. The first-order valence-electron chi connectivity index (χ1n) is 16.9. The van der Waals surface area contributed by atoms with Crippen LogP contribution < -0.4 is 0 Å². The minimum absolute atomic E-state index is 1.30. The zero-order chi connectivity index (χ0) is 32.5. The molecule has 0 aromatic heterocycles. The molecule has 0 heteroatoms. The highest BCUT2D eigenvalue weighted by molar-refractivity contribution is 6.12. The van der Waals surface area contributed by atoms with Crippen LogP contribution in [0.4, 0.5) is 0 Å². The van der Waals surface area contributed by atoms with Gasteiger partial charge in [-0.05, 0) is 197 Å². The van der Waals surface area contributed by atoms with Crippen molar-refractivity contribution in [1.29, 1.82) is 0 Å². The standard InChI is InChI=1S/2C24H18/c1-15-21-9-5-6-10-22(21)16(2)24-14-20-12-18-8-4-3-7-17(18)11-19(20)13-23(15)24;1-15-7-8-16(2)24-14-22-12-20-10-18-6-4-3-5-17(18)9-19(20)11-21(22)13-23(15)24/h2*3-14H,1-2H3. The van der Waals surface area contributed by atoms with Crippen LogP contribution in [0.1, 0.15) is 22.3 Å². The van der Waals surface area contributed by atoms with E-state index in [-0.39, 0.29) is 0 Å². The van der Waals surface area contributed by atoms with Crippen LogP contribution in [0.3, 0.4) is 0 Å². The lowest BCUT2D eigenvalue weighted by atomic mass is 9.90. The van der Waals surface area contributed by atoms with Crippen molar-refractivity contribution in [3.05, 3.63) is 168 Å². The van der Waals surface area contributed by atoms with E-state index >= 15 is 0 Å². The Bertz CT molecular complexity index is 2720. The number of fused-ring (bicyclic) bond motifs is 8. The van der Waals surface area contributed by atoms with E-state index in [2.05, 4.69) is 173 Å². The quantitative estimate of drug-likeness (QED) is 0.149. The van der Waals surface area contributed by atoms with Gasteiger partial charge in [0.15, 0.2) is 0 Å². The van der Waals surface area contributed by atoms with Gasteiger partial charge in [0.2, 0.25) is 0 Å². The van der Waals surface area contributed by atoms with E-state index in [1.807, 2.05) is 0 Å². The fourth-order valence-corrected chi connectivity index (χ4v) is 7.87. The number of hydrogen-bond acceptors (Lipinski definition) is 0. The molecule has 0 amide bonds. The number of hydrogen-bond donors (Lipinski definition) is 0. The van der Waals surface area contributed by atoms with Crippen LogP contribution in [0.25, 0.3) is 86.2 Å². The smallest absolute Gasteiger partial charge is 0.0139 e. The Morgan fingerprint density at radius 3 is 0.854 bits per heavy atom. The molecule has 0 nitrogen and oxygen atoms in total. The van der Waals surface area contributed by atoms with Crippen molar-refractivity contribution >= 4 is 86.2 Å². The second-order valence-electron chi connectivity index (χ2n) is 13.6. The summed E-state index contributed by atoms with van der Waals surface area (Å²) in [4.78, 5) is 0. The average Bonchev–Trinajstić information content (AvgIpc) is 3.12. The van der Waals surface area contributed by atoms with E-state index < -0.39 is 0 Å². The van der Waals surface area contributed by atoms with Gasteiger partial charge >= 0.3 is 0 Å². The maximum Gasteiger partial charge on any atom is -0.0139 e. The van der Waals surface area contributed by atoms with Crippen LogP contribution >= 0.6 is 0 Å². The lowest BCUT2D eigenvalue weighted by molar-refractivity contribution is 1.47. The highest BCUT2D eigenvalue weighted by Crippen LogP contribution is 2.36. The summed E-state index contributed by atoms with van der Waals surface area (Å²) >= 11 is 0. The molecule has 0 bridgehead atoms. The molecule has 10 aromatic carbocycles. The third-order valence-corrected chi connectivity index (χ3v) is 10.6. The van der Waals surface area contributed by atoms with Gasteiger partial charge in [-0.1, -0.05) is 84.9 Å². The minimum atomic E-state index is 1.30. The molecule has 0 atom stereocenters. The van der Waals surface area contributed by atoms with Crippen molar-refractivity contribution in [3.8, 4) is 0 Å². The van der Waals surface area contributed by atoms with Gasteiger partial charge in [0.05, 0.1) is 0 Å². The Balaban J connectivity index is 0.000000131. The SMILES string of the molecule is Cc1c2ccccc2c(C)c2cc3cc4ccccc4cc3cc12.Cc1ccc(C)c2cc3cc4cc5ccccc5cc4cc3cc12. The molecule has 0 unspecified atom stereocenters. The first kappa shape index (κ1) is 28.5. The van der Waals surface area contributed by atoms with E-state index in [1.54, 1.807) is 0 Å². The Labute approximate surface area is 280 Å². The molecule has 0 heterocycles. The molecule has 48 heavy (non-hydrogen) atoms. The van der Waals surface area contributed by atoms with Crippen LogP contribution in [0, 0.1) is 27.7 Å². The molecule has 0 radical (unpaired) electrons. The first-order valence-corrected chi connectivity index (χ1v) is 16.9. The van der Waals surface area contributed by atoms with Gasteiger partial charge < -0.3 is 0 Å². The summed E-state index contributed by atoms with van der Waals surface area (Å²) in [5.74, 6) is 0. The summed E-state index contributed by atoms with van der Waals surface area (Å²) in [6, 6.07) is 53.7. The fourth-order valence-electron chi connectivity index (χ4n) is 7.87. The number of rotatable bonds is 0. The molecule has 0 aliphatic heterocycles. The summed E-state index contributed by atoms with van der Waals surface area (Å²) in [6.07, 6.45) is 0. The molecular formula is C48H36. The van der Waals surface area contributed by atoms with E-state index in [4.69, 9.17) is 0 Å². The summed E-state index contributed by atoms with van der Waals surface area (Å²) in [5.41, 5.74) is 5.44. The minimum Gasteiger partial charge on any atom is -0.0616 e. The van der Waals surface area contributed by atoms with E-state index in [0.29, 0.717) is 0 Å². The van der Waals surface area contributed by atoms with Crippen molar-refractivity contribution in [1.82, 2.24) is 0 Å². The predicted molar refractivity (Wildman–Crippen MR) is 212 cm³/mol. The zero-order valence-corrected chi connectivity index (χ0v) is 27.9. The molecule has 0 aliphatic carbocycles. The Morgan fingerprint density at radius 2 is 0.500 bits per heavy atom. The fraction of sp³-hybridized carbons (Fsp3) is 0.0833. The van der Waals surface area contributed by atoms with Gasteiger partial charge in [0, 0.05) is 0 Å². The van der Waals surface area contributed by atoms with Gasteiger partial charge in [-0.3, -0.25) is 0 Å². The van der Waals surface area contributed by atoms with Gasteiger partial charge in [0.25, 0.3) is 0 Å². The van der Waals surface area contributed by atoms with Gasteiger partial charge in [-0.15, -0.1) is 0 Å². The highest BCUT2D eigenvalue weighted by atomic mass is 14.1. The van der Waals surface area contributed by atoms with Crippen molar-refractivity contribution in [2.45, 2.75) is 27.7 Å². The second kappa shape index (κ2) is 10.9. The molecule has 10 rings (SSSR count).